The van der Waals surface area contributed by atoms with Crippen molar-refractivity contribution >= 4 is 0 Å². The van der Waals surface area contributed by atoms with Crippen LogP contribution in [0.4, 0.5) is 4.39 Å². The minimum atomic E-state index is -0.306. The third-order valence-electron chi connectivity index (χ3n) is 2.90. The van der Waals surface area contributed by atoms with E-state index in [2.05, 4.69) is 11.4 Å². The maximum absolute atomic E-state index is 13.1. The van der Waals surface area contributed by atoms with Gasteiger partial charge in [0.2, 0.25) is 0 Å². The van der Waals surface area contributed by atoms with Crippen molar-refractivity contribution in [1.82, 2.24) is 5.32 Å². The number of aryl methyl sites for hydroxylation is 1. The summed E-state index contributed by atoms with van der Waals surface area (Å²) < 4.78 is 18.8. The second-order valence-corrected chi connectivity index (χ2v) is 4.48. The number of hydrogen-bond donors (Lipinski definition) is 1. The van der Waals surface area contributed by atoms with E-state index >= 15 is 0 Å². The van der Waals surface area contributed by atoms with Gasteiger partial charge in [-0.05, 0) is 55.4 Å². The summed E-state index contributed by atoms with van der Waals surface area (Å²) in [6.45, 7) is 2.45. The van der Waals surface area contributed by atoms with E-state index in [0.29, 0.717) is 29.2 Å². The molecular formula is C16H15FN2O. The first kappa shape index (κ1) is 14.0. The molecule has 0 amide bonds. The maximum Gasteiger partial charge on any atom is 0.145 e. The summed E-state index contributed by atoms with van der Waals surface area (Å²) in [6, 6.07) is 11.9. The lowest BCUT2D eigenvalue weighted by Gasteiger charge is -2.11. The average Bonchev–Trinajstić information content (AvgIpc) is 2.43. The van der Waals surface area contributed by atoms with Crippen LogP contribution >= 0.6 is 0 Å². The Kier molecular flexibility index (Phi) is 4.34. The Morgan fingerprint density at radius 2 is 1.95 bits per heavy atom. The Morgan fingerprint density at radius 1 is 1.20 bits per heavy atom. The van der Waals surface area contributed by atoms with Crippen molar-refractivity contribution in [3.8, 4) is 17.6 Å². The molecule has 0 spiro atoms. The fraction of sp³-hybridized carbons (Fsp3) is 0.188. The molecule has 102 valence electrons. The monoisotopic (exact) mass is 270 g/mol. The standard InChI is InChI=1S/C16H15FN2O/c1-11-7-14(17)4-6-15(11)20-16-5-3-12(10-19-2)8-13(16)9-18/h3-8,19H,10H2,1-2H3. The average molecular weight is 270 g/mol. The van der Waals surface area contributed by atoms with Crippen LogP contribution in [0.5, 0.6) is 11.5 Å². The molecule has 0 aliphatic heterocycles. The molecule has 0 bridgehead atoms. The Bertz CT molecular complexity index is 662. The van der Waals surface area contributed by atoms with E-state index in [9.17, 15) is 9.65 Å². The molecule has 0 saturated carbocycles. The summed E-state index contributed by atoms with van der Waals surface area (Å²) in [5, 5.41) is 12.2. The van der Waals surface area contributed by atoms with E-state index in [0.717, 1.165) is 5.56 Å². The summed E-state index contributed by atoms with van der Waals surface area (Å²) in [7, 11) is 1.85. The summed E-state index contributed by atoms with van der Waals surface area (Å²) in [4.78, 5) is 0. The molecular weight excluding hydrogens is 255 g/mol. The number of nitriles is 1. The van der Waals surface area contributed by atoms with Gasteiger partial charge in [-0.25, -0.2) is 4.39 Å². The Hall–Kier alpha value is -2.38. The van der Waals surface area contributed by atoms with E-state index in [4.69, 9.17) is 4.74 Å². The fourth-order valence-electron chi connectivity index (χ4n) is 1.91. The highest BCUT2D eigenvalue weighted by molar-refractivity contribution is 5.48. The number of rotatable bonds is 4. The molecule has 2 rings (SSSR count). The molecule has 2 aromatic rings. The van der Waals surface area contributed by atoms with Crippen LogP contribution in [-0.4, -0.2) is 7.05 Å². The minimum Gasteiger partial charge on any atom is -0.456 e. The van der Waals surface area contributed by atoms with Crippen molar-refractivity contribution < 1.29 is 9.13 Å². The number of nitrogens with one attached hydrogen (secondary N) is 1. The molecule has 0 radical (unpaired) electrons. The normalized spacial score (nSPS) is 10.1. The smallest absolute Gasteiger partial charge is 0.145 e. The zero-order valence-corrected chi connectivity index (χ0v) is 11.4. The van der Waals surface area contributed by atoms with Crippen molar-refractivity contribution in [1.29, 1.82) is 5.26 Å². The SMILES string of the molecule is CNCc1ccc(Oc2ccc(F)cc2C)c(C#N)c1. The van der Waals surface area contributed by atoms with Crippen molar-refractivity contribution in [2.45, 2.75) is 13.5 Å². The third-order valence-corrected chi connectivity index (χ3v) is 2.90. The third kappa shape index (κ3) is 3.14. The molecule has 0 aliphatic rings. The van der Waals surface area contributed by atoms with Gasteiger partial charge in [-0.3, -0.25) is 0 Å². The lowest BCUT2D eigenvalue weighted by molar-refractivity contribution is 0.474. The highest BCUT2D eigenvalue weighted by Crippen LogP contribution is 2.28. The van der Waals surface area contributed by atoms with Crippen LogP contribution in [0.1, 0.15) is 16.7 Å². The van der Waals surface area contributed by atoms with Crippen LogP contribution in [0.25, 0.3) is 0 Å². The molecule has 0 saturated heterocycles. The Morgan fingerprint density at radius 3 is 2.60 bits per heavy atom. The van der Waals surface area contributed by atoms with Crippen LogP contribution in [0.2, 0.25) is 0 Å². The van der Waals surface area contributed by atoms with Crippen LogP contribution < -0.4 is 10.1 Å². The van der Waals surface area contributed by atoms with E-state index < -0.39 is 0 Å². The first-order valence-corrected chi connectivity index (χ1v) is 6.25. The second kappa shape index (κ2) is 6.18. The number of hydrogen-bond acceptors (Lipinski definition) is 3. The largest absolute Gasteiger partial charge is 0.456 e. The molecule has 2 aromatic carbocycles. The van der Waals surface area contributed by atoms with Crippen molar-refractivity contribution in [2.75, 3.05) is 7.05 Å². The quantitative estimate of drug-likeness (QED) is 0.924. The van der Waals surface area contributed by atoms with Crippen molar-refractivity contribution in [3.63, 3.8) is 0 Å². The van der Waals surface area contributed by atoms with Gasteiger partial charge in [0.05, 0.1) is 5.56 Å². The van der Waals surface area contributed by atoms with E-state index in [-0.39, 0.29) is 5.82 Å². The Balaban J connectivity index is 2.31. The molecule has 20 heavy (non-hydrogen) atoms. The van der Waals surface area contributed by atoms with Gasteiger partial charge < -0.3 is 10.1 Å². The molecule has 0 aliphatic carbocycles. The number of benzene rings is 2. The lowest BCUT2D eigenvalue weighted by Crippen LogP contribution is -2.05. The summed E-state index contributed by atoms with van der Waals surface area (Å²) >= 11 is 0. The zero-order chi connectivity index (χ0) is 14.5. The van der Waals surface area contributed by atoms with Gasteiger partial charge in [-0.1, -0.05) is 6.07 Å². The van der Waals surface area contributed by atoms with E-state index in [1.54, 1.807) is 25.1 Å². The van der Waals surface area contributed by atoms with Crippen LogP contribution in [-0.2, 0) is 6.54 Å². The molecule has 0 atom stereocenters. The molecule has 0 heterocycles. The Labute approximate surface area is 117 Å². The minimum absolute atomic E-state index is 0.306. The topological polar surface area (TPSA) is 45.0 Å². The number of halogens is 1. The van der Waals surface area contributed by atoms with Crippen LogP contribution in [0, 0.1) is 24.1 Å². The predicted octanol–water partition coefficient (Wildman–Crippen LogP) is 3.52. The molecule has 1 N–H and O–H groups in total. The molecule has 0 unspecified atom stereocenters. The molecule has 3 nitrogen and oxygen atoms in total. The lowest BCUT2D eigenvalue weighted by atomic mass is 10.1. The van der Waals surface area contributed by atoms with Gasteiger partial charge in [-0.2, -0.15) is 5.26 Å². The van der Waals surface area contributed by atoms with Crippen molar-refractivity contribution in [3.05, 3.63) is 58.9 Å². The summed E-state index contributed by atoms with van der Waals surface area (Å²) in [5.41, 5.74) is 2.15. The van der Waals surface area contributed by atoms with Gasteiger partial charge >= 0.3 is 0 Å². The van der Waals surface area contributed by atoms with Gasteiger partial charge in [0.25, 0.3) is 0 Å². The number of nitrogens with zero attached hydrogens (tertiary/aromatic N) is 1. The van der Waals surface area contributed by atoms with Gasteiger partial charge in [0.15, 0.2) is 0 Å². The molecule has 0 fully saturated rings. The molecule has 0 aromatic heterocycles. The van der Waals surface area contributed by atoms with Gasteiger partial charge in [0, 0.05) is 6.54 Å². The second-order valence-electron chi connectivity index (χ2n) is 4.48. The highest BCUT2D eigenvalue weighted by atomic mass is 19.1. The van der Waals surface area contributed by atoms with Crippen LogP contribution in [0.3, 0.4) is 0 Å². The van der Waals surface area contributed by atoms with E-state index in [1.807, 2.05) is 13.1 Å². The zero-order valence-electron chi connectivity index (χ0n) is 11.4. The number of ether oxygens (including phenoxy) is 1. The molecule has 4 heteroatoms. The van der Waals surface area contributed by atoms with Gasteiger partial charge in [-0.15, -0.1) is 0 Å². The van der Waals surface area contributed by atoms with Gasteiger partial charge in [0.1, 0.15) is 23.4 Å². The summed E-state index contributed by atoms with van der Waals surface area (Å²) in [6.07, 6.45) is 0. The fourth-order valence-corrected chi connectivity index (χ4v) is 1.91. The van der Waals surface area contributed by atoms with Crippen LogP contribution in [0.15, 0.2) is 36.4 Å². The highest BCUT2D eigenvalue weighted by Gasteiger charge is 2.08. The summed E-state index contributed by atoms with van der Waals surface area (Å²) in [5.74, 6) is 0.714. The van der Waals surface area contributed by atoms with Crippen molar-refractivity contribution in [2.24, 2.45) is 0 Å². The first-order chi connectivity index (χ1) is 9.63. The first-order valence-electron chi connectivity index (χ1n) is 6.25. The maximum atomic E-state index is 13.1. The van der Waals surface area contributed by atoms with E-state index in [1.165, 1.54) is 12.1 Å². The predicted molar refractivity (Wildman–Crippen MR) is 75.1 cm³/mol.